The molecule has 2 aromatic rings. The summed E-state index contributed by atoms with van der Waals surface area (Å²) in [6.07, 6.45) is 0. The lowest BCUT2D eigenvalue weighted by Gasteiger charge is -2.00. The Morgan fingerprint density at radius 1 is 1.14 bits per heavy atom. The Morgan fingerprint density at radius 3 is 2.29 bits per heavy atom. The van der Waals surface area contributed by atoms with Gasteiger partial charge in [-0.25, -0.2) is 0 Å². The van der Waals surface area contributed by atoms with E-state index < -0.39 is 0 Å². The Kier molecular flexibility index (Phi) is 2.21. The number of aromatic nitrogens is 2. The number of hydrogen-bond donors (Lipinski definition) is 1. The first-order valence-corrected chi connectivity index (χ1v) is 5.10. The number of rotatable bonds is 1. The van der Waals surface area contributed by atoms with Crippen molar-refractivity contribution in [3.63, 3.8) is 0 Å². The van der Waals surface area contributed by atoms with E-state index in [1.165, 1.54) is 22.7 Å². The van der Waals surface area contributed by atoms with Gasteiger partial charge in [0, 0.05) is 17.1 Å². The number of benzene rings is 1. The fraction of sp³-hybridized carbons (Fsp3) is 0.200. The van der Waals surface area contributed by atoms with Crippen molar-refractivity contribution in [1.29, 1.82) is 0 Å². The number of nitrogens with zero attached hydrogens (tertiary/aromatic N) is 2. The predicted molar refractivity (Wildman–Crippen MR) is 59.2 cm³/mol. The summed E-state index contributed by atoms with van der Waals surface area (Å²) in [7, 11) is 0. The topological polar surface area (TPSA) is 51.8 Å². The second-order valence-electron chi connectivity index (χ2n) is 3.33. The lowest BCUT2D eigenvalue weighted by atomic mass is 10.1. The summed E-state index contributed by atoms with van der Waals surface area (Å²) in [5.74, 6) is 0.722. The summed E-state index contributed by atoms with van der Waals surface area (Å²) in [4.78, 5) is 4.15. The quantitative estimate of drug-likeness (QED) is 0.777. The second-order valence-corrected chi connectivity index (χ2v) is 4.12. The van der Waals surface area contributed by atoms with Crippen molar-refractivity contribution < 1.29 is 0 Å². The molecule has 0 saturated carbocycles. The highest BCUT2D eigenvalue weighted by atomic mass is 32.1. The minimum Gasteiger partial charge on any atom is -0.374 e. The average molecular weight is 205 g/mol. The smallest absolute Gasteiger partial charge is 0.200 e. The zero-order valence-electron chi connectivity index (χ0n) is 8.11. The zero-order valence-corrected chi connectivity index (χ0v) is 8.93. The molecule has 0 fully saturated rings. The van der Waals surface area contributed by atoms with Crippen molar-refractivity contribution in [2.45, 2.75) is 13.8 Å². The first-order valence-electron chi connectivity index (χ1n) is 4.33. The van der Waals surface area contributed by atoms with Gasteiger partial charge in [-0.15, -0.1) is 0 Å². The first kappa shape index (κ1) is 9.15. The minimum atomic E-state index is 0.513. The van der Waals surface area contributed by atoms with Crippen molar-refractivity contribution in [3.8, 4) is 11.4 Å². The number of nitrogen functional groups attached to an aromatic ring is 1. The normalized spacial score (nSPS) is 10.4. The van der Waals surface area contributed by atoms with Gasteiger partial charge in [-0.1, -0.05) is 17.2 Å². The van der Waals surface area contributed by atoms with Gasteiger partial charge in [0.2, 0.25) is 0 Å². The highest BCUT2D eigenvalue weighted by molar-refractivity contribution is 7.09. The molecule has 0 saturated heterocycles. The van der Waals surface area contributed by atoms with Crippen LogP contribution in [0.2, 0.25) is 0 Å². The Labute approximate surface area is 86.8 Å². The molecule has 0 bridgehead atoms. The summed E-state index contributed by atoms with van der Waals surface area (Å²) in [5.41, 5.74) is 9.01. The van der Waals surface area contributed by atoms with Gasteiger partial charge in [-0.05, 0) is 26.0 Å². The molecule has 1 aromatic heterocycles. The molecule has 0 atom stereocenters. The third kappa shape index (κ3) is 1.75. The van der Waals surface area contributed by atoms with Crippen LogP contribution in [-0.2, 0) is 0 Å². The van der Waals surface area contributed by atoms with E-state index in [2.05, 4.69) is 41.4 Å². The molecule has 1 aromatic carbocycles. The lowest BCUT2D eigenvalue weighted by molar-refractivity contribution is 1.30. The Balaban J connectivity index is 2.51. The third-order valence-corrected chi connectivity index (χ3v) is 2.46. The minimum absolute atomic E-state index is 0.513. The number of aryl methyl sites for hydroxylation is 2. The molecule has 72 valence electrons. The van der Waals surface area contributed by atoms with Crippen LogP contribution in [0.4, 0.5) is 5.13 Å². The number of anilines is 1. The highest BCUT2D eigenvalue weighted by Gasteiger charge is 2.04. The van der Waals surface area contributed by atoms with Gasteiger partial charge in [0.05, 0.1) is 0 Å². The van der Waals surface area contributed by atoms with Crippen LogP contribution in [-0.4, -0.2) is 9.36 Å². The molecule has 3 nitrogen and oxygen atoms in total. The predicted octanol–water partition coefficient (Wildman–Crippen LogP) is 2.40. The number of nitrogens with two attached hydrogens (primary N) is 1. The van der Waals surface area contributed by atoms with E-state index in [1.807, 2.05) is 0 Å². The average Bonchev–Trinajstić information content (AvgIpc) is 2.50. The van der Waals surface area contributed by atoms with Gasteiger partial charge in [0.15, 0.2) is 11.0 Å². The fourth-order valence-electron chi connectivity index (χ4n) is 1.46. The Morgan fingerprint density at radius 2 is 1.79 bits per heavy atom. The van der Waals surface area contributed by atoms with Crippen molar-refractivity contribution in [1.82, 2.24) is 9.36 Å². The third-order valence-electron chi connectivity index (χ3n) is 1.92. The van der Waals surface area contributed by atoms with Crippen LogP contribution in [0.15, 0.2) is 18.2 Å². The Bertz CT molecular complexity index is 442. The van der Waals surface area contributed by atoms with Gasteiger partial charge >= 0.3 is 0 Å². The molecular weight excluding hydrogens is 194 g/mol. The van der Waals surface area contributed by atoms with E-state index in [0.29, 0.717) is 5.13 Å². The Hall–Kier alpha value is -1.42. The maximum Gasteiger partial charge on any atom is 0.200 e. The maximum atomic E-state index is 5.54. The summed E-state index contributed by atoms with van der Waals surface area (Å²) in [6.45, 7) is 4.12. The van der Waals surface area contributed by atoms with Gasteiger partial charge in [-0.3, -0.25) is 0 Å². The molecule has 4 heteroatoms. The van der Waals surface area contributed by atoms with Gasteiger partial charge < -0.3 is 5.73 Å². The van der Waals surface area contributed by atoms with Crippen LogP contribution in [0.25, 0.3) is 11.4 Å². The summed E-state index contributed by atoms with van der Waals surface area (Å²) in [5, 5.41) is 0.513. The molecule has 0 aliphatic carbocycles. The molecule has 0 radical (unpaired) electrons. The zero-order chi connectivity index (χ0) is 10.1. The monoisotopic (exact) mass is 205 g/mol. The van der Waals surface area contributed by atoms with Gasteiger partial charge in [0.1, 0.15) is 0 Å². The molecule has 0 aliphatic heterocycles. The van der Waals surface area contributed by atoms with Crippen LogP contribution < -0.4 is 5.73 Å². The molecule has 1 heterocycles. The summed E-state index contributed by atoms with van der Waals surface area (Å²) >= 11 is 1.23. The summed E-state index contributed by atoms with van der Waals surface area (Å²) < 4.78 is 4.17. The first-order chi connectivity index (χ1) is 6.65. The van der Waals surface area contributed by atoms with Crippen LogP contribution in [0.5, 0.6) is 0 Å². The molecule has 14 heavy (non-hydrogen) atoms. The molecular formula is C10H11N3S. The standard InChI is InChI=1S/C10H11N3S/c1-6-3-7(2)5-8(4-6)9-12-10(11)14-13-9/h3-5H,1-2H3,(H2,11,12,13). The van der Waals surface area contributed by atoms with Gasteiger partial charge in [0.25, 0.3) is 0 Å². The van der Waals surface area contributed by atoms with Crippen LogP contribution in [0.1, 0.15) is 11.1 Å². The van der Waals surface area contributed by atoms with E-state index in [0.717, 1.165) is 11.4 Å². The van der Waals surface area contributed by atoms with Gasteiger partial charge in [-0.2, -0.15) is 9.36 Å². The van der Waals surface area contributed by atoms with E-state index in [1.54, 1.807) is 0 Å². The van der Waals surface area contributed by atoms with Crippen molar-refractivity contribution in [2.75, 3.05) is 5.73 Å². The van der Waals surface area contributed by atoms with E-state index >= 15 is 0 Å². The molecule has 0 unspecified atom stereocenters. The van der Waals surface area contributed by atoms with Crippen molar-refractivity contribution in [3.05, 3.63) is 29.3 Å². The van der Waals surface area contributed by atoms with Crippen LogP contribution in [0.3, 0.4) is 0 Å². The largest absolute Gasteiger partial charge is 0.374 e. The maximum absolute atomic E-state index is 5.54. The van der Waals surface area contributed by atoms with Crippen LogP contribution in [0, 0.1) is 13.8 Å². The van der Waals surface area contributed by atoms with Crippen molar-refractivity contribution >= 4 is 16.7 Å². The fourth-order valence-corrected chi connectivity index (χ4v) is 1.91. The number of hydrogen-bond acceptors (Lipinski definition) is 4. The van der Waals surface area contributed by atoms with E-state index in [9.17, 15) is 0 Å². The van der Waals surface area contributed by atoms with E-state index in [-0.39, 0.29) is 0 Å². The second kappa shape index (κ2) is 3.38. The highest BCUT2D eigenvalue weighted by Crippen LogP contribution is 2.21. The van der Waals surface area contributed by atoms with Crippen molar-refractivity contribution in [2.24, 2.45) is 0 Å². The molecule has 0 aliphatic rings. The van der Waals surface area contributed by atoms with E-state index in [4.69, 9.17) is 5.73 Å². The lowest BCUT2D eigenvalue weighted by Crippen LogP contribution is -1.86. The molecule has 0 spiro atoms. The SMILES string of the molecule is Cc1cc(C)cc(-c2nsc(N)n2)c1. The molecule has 0 amide bonds. The molecule has 2 N–H and O–H groups in total. The molecule has 2 rings (SSSR count). The summed E-state index contributed by atoms with van der Waals surface area (Å²) in [6, 6.07) is 6.25. The van der Waals surface area contributed by atoms with Crippen LogP contribution >= 0.6 is 11.5 Å².